The van der Waals surface area contributed by atoms with Crippen LogP contribution in [0.2, 0.25) is 0 Å². The molecule has 1 aromatic rings. The van der Waals surface area contributed by atoms with Gasteiger partial charge in [0.25, 0.3) is 0 Å². The average Bonchev–Trinajstić information content (AvgIpc) is 2.45. The lowest BCUT2D eigenvalue weighted by atomic mass is 10.2. The van der Waals surface area contributed by atoms with E-state index in [-0.39, 0.29) is 12.4 Å². The van der Waals surface area contributed by atoms with Gasteiger partial charge in [-0.3, -0.25) is 0 Å². The van der Waals surface area contributed by atoms with Crippen LogP contribution in [0.15, 0.2) is 22.7 Å². The first-order valence-electron chi connectivity index (χ1n) is 7.47. The summed E-state index contributed by atoms with van der Waals surface area (Å²) in [6.07, 6.45) is 3.42. The van der Waals surface area contributed by atoms with E-state index >= 15 is 0 Å². The molecule has 0 saturated carbocycles. The molecule has 0 unspecified atom stereocenters. The Bertz CT molecular complexity index is 377. The van der Waals surface area contributed by atoms with Gasteiger partial charge in [0, 0.05) is 19.8 Å². The Morgan fingerprint density at radius 3 is 2.57 bits per heavy atom. The van der Waals surface area contributed by atoms with Crippen LogP contribution in [0.3, 0.4) is 0 Å². The zero-order chi connectivity index (χ0) is 14.6. The summed E-state index contributed by atoms with van der Waals surface area (Å²) in [6.45, 7) is 8.46. The lowest BCUT2D eigenvalue weighted by Gasteiger charge is -2.09. The minimum Gasteiger partial charge on any atom is -0.493 e. The first-order chi connectivity index (χ1) is 9.77. The molecule has 1 rings (SSSR count). The van der Waals surface area contributed by atoms with Crippen molar-refractivity contribution in [3.63, 3.8) is 0 Å². The maximum absolute atomic E-state index is 5.52. The SMILES string of the molecule is CCCCOCCCNCc1ccc(OCC)c(Br)c1.Cl. The van der Waals surface area contributed by atoms with Gasteiger partial charge in [-0.1, -0.05) is 19.4 Å². The van der Waals surface area contributed by atoms with Gasteiger partial charge in [-0.25, -0.2) is 0 Å². The number of rotatable bonds is 11. The summed E-state index contributed by atoms with van der Waals surface area (Å²) in [4.78, 5) is 0. The van der Waals surface area contributed by atoms with Crippen molar-refractivity contribution in [3.05, 3.63) is 28.2 Å². The topological polar surface area (TPSA) is 30.5 Å². The number of hydrogen-bond acceptors (Lipinski definition) is 3. The maximum Gasteiger partial charge on any atom is 0.133 e. The molecular formula is C16H27BrClNO2. The van der Waals surface area contributed by atoms with Crippen molar-refractivity contribution in [2.75, 3.05) is 26.4 Å². The normalized spacial score (nSPS) is 10.2. The molecule has 0 fully saturated rings. The second-order valence-corrected chi connectivity index (χ2v) is 5.55. The third-order valence-corrected chi connectivity index (χ3v) is 3.53. The fourth-order valence-electron chi connectivity index (χ4n) is 1.81. The molecule has 0 atom stereocenters. The Kier molecular flexibility index (Phi) is 13.2. The lowest BCUT2D eigenvalue weighted by Crippen LogP contribution is -2.16. The highest BCUT2D eigenvalue weighted by molar-refractivity contribution is 9.10. The van der Waals surface area contributed by atoms with E-state index in [0.717, 1.165) is 49.4 Å². The molecule has 3 nitrogen and oxygen atoms in total. The van der Waals surface area contributed by atoms with Crippen molar-refractivity contribution in [1.82, 2.24) is 5.32 Å². The summed E-state index contributed by atoms with van der Waals surface area (Å²) < 4.78 is 12.0. The summed E-state index contributed by atoms with van der Waals surface area (Å²) in [5.41, 5.74) is 1.26. The number of hydrogen-bond donors (Lipinski definition) is 1. The molecular weight excluding hydrogens is 354 g/mol. The average molecular weight is 381 g/mol. The van der Waals surface area contributed by atoms with Gasteiger partial charge in [0.15, 0.2) is 0 Å². The molecule has 21 heavy (non-hydrogen) atoms. The van der Waals surface area contributed by atoms with Gasteiger partial charge < -0.3 is 14.8 Å². The highest BCUT2D eigenvalue weighted by Gasteiger charge is 2.01. The number of halogens is 2. The molecule has 0 radical (unpaired) electrons. The molecule has 0 aromatic heterocycles. The predicted molar refractivity (Wildman–Crippen MR) is 94.6 cm³/mol. The monoisotopic (exact) mass is 379 g/mol. The van der Waals surface area contributed by atoms with Crippen LogP contribution in [0.1, 0.15) is 38.7 Å². The van der Waals surface area contributed by atoms with E-state index in [0.29, 0.717) is 6.61 Å². The van der Waals surface area contributed by atoms with Crippen molar-refractivity contribution < 1.29 is 9.47 Å². The number of ether oxygens (including phenoxy) is 2. The van der Waals surface area contributed by atoms with Gasteiger partial charge in [-0.05, 0) is 59.9 Å². The van der Waals surface area contributed by atoms with Crippen molar-refractivity contribution >= 4 is 28.3 Å². The summed E-state index contributed by atoms with van der Waals surface area (Å²) >= 11 is 3.53. The second kappa shape index (κ2) is 13.4. The van der Waals surface area contributed by atoms with Crippen LogP contribution in [0.4, 0.5) is 0 Å². The van der Waals surface area contributed by atoms with Crippen LogP contribution < -0.4 is 10.1 Å². The fourth-order valence-corrected chi connectivity index (χ4v) is 2.35. The lowest BCUT2D eigenvalue weighted by molar-refractivity contribution is 0.129. The number of unbranched alkanes of at least 4 members (excludes halogenated alkanes) is 1. The Balaban J connectivity index is 0.00000400. The minimum absolute atomic E-state index is 0. The summed E-state index contributed by atoms with van der Waals surface area (Å²) in [5, 5.41) is 3.43. The minimum atomic E-state index is 0. The molecule has 0 aliphatic heterocycles. The standard InChI is InChI=1S/C16H26BrNO2.ClH/c1-3-5-10-19-11-6-9-18-13-14-7-8-16(20-4-2)15(17)12-14;/h7-8,12,18H,3-6,9-11,13H2,1-2H3;1H. The van der Waals surface area contributed by atoms with Gasteiger partial charge in [0.2, 0.25) is 0 Å². The Morgan fingerprint density at radius 1 is 1.14 bits per heavy atom. The Hall–Kier alpha value is -0.290. The zero-order valence-corrected chi connectivity index (χ0v) is 15.4. The van der Waals surface area contributed by atoms with Crippen LogP contribution in [0.5, 0.6) is 5.75 Å². The van der Waals surface area contributed by atoms with Crippen LogP contribution in [-0.4, -0.2) is 26.4 Å². The van der Waals surface area contributed by atoms with Gasteiger partial charge in [0.05, 0.1) is 11.1 Å². The predicted octanol–water partition coefficient (Wildman–Crippen LogP) is 4.57. The molecule has 0 bridgehead atoms. The molecule has 0 heterocycles. The van der Waals surface area contributed by atoms with Crippen LogP contribution in [0, 0.1) is 0 Å². The molecule has 1 N–H and O–H groups in total. The van der Waals surface area contributed by atoms with E-state index in [4.69, 9.17) is 9.47 Å². The van der Waals surface area contributed by atoms with E-state index in [2.05, 4.69) is 40.3 Å². The molecule has 0 amide bonds. The van der Waals surface area contributed by atoms with Gasteiger partial charge in [-0.2, -0.15) is 0 Å². The van der Waals surface area contributed by atoms with Crippen molar-refractivity contribution in [1.29, 1.82) is 0 Å². The largest absolute Gasteiger partial charge is 0.493 e. The van der Waals surface area contributed by atoms with Gasteiger partial charge in [0.1, 0.15) is 5.75 Å². The van der Waals surface area contributed by atoms with Crippen LogP contribution in [0.25, 0.3) is 0 Å². The summed E-state index contributed by atoms with van der Waals surface area (Å²) in [6, 6.07) is 6.22. The van der Waals surface area contributed by atoms with Crippen molar-refractivity contribution in [3.8, 4) is 5.75 Å². The number of benzene rings is 1. The highest BCUT2D eigenvalue weighted by atomic mass is 79.9. The van der Waals surface area contributed by atoms with E-state index < -0.39 is 0 Å². The van der Waals surface area contributed by atoms with E-state index in [1.54, 1.807) is 0 Å². The molecule has 122 valence electrons. The van der Waals surface area contributed by atoms with Crippen LogP contribution in [-0.2, 0) is 11.3 Å². The van der Waals surface area contributed by atoms with Crippen LogP contribution >= 0.6 is 28.3 Å². The maximum atomic E-state index is 5.52. The Morgan fingerprint density at radius 2 is 1.90 bits per heavy atom. The van der Waals surface area contributed by atoms with Gasteiger partial charge in [-0.15, -0.1) is 12.4 Å². The molecule has 0 spiro atoms. The van der Waals surface area contributed by atoms with E-state index in [1.807, 2.05) is 13.0 Å². The molecule has 0 saturated heterocycles. The summed E-state index contributed by atoms with van der Waals surface area (Å²) in [5.74, 6) is 0.903. The highest BCUT2D eigenvalue weighted by Crippen LogP contribution is 2.25. The van der Waals surface area contributed by atoms with Crippen molar-refractivity contribution in [2.45, 2.75) is 39.7 Å². The van der Waals surface area contributed by atoms with Crippen molar-refractivity contribution in [2.24, 2.45) is 0 Å². The molecule has 5 heteroatoms. The first-order valence-corrected chi connectivity index (χ1v) is 8.27. The fraction of sp³-hybridized carbons (Fsp3) is 0.625. The molecule has 0 aliphatic carbocycles. The second-order valence-electron chi connectivity index (χ2n) is 4.69. The molecule has 1 aromatic carbocycles. The summed E-state index contributed by atoms with van der Waals surface area (Å²) in [7, 11) is 0. The first kappa shape index (κ1) is 20.7. The van der Waals surface area contributed by atoms with E-state index in [9.17, 15) is 0 Å². The van der Waals surface area contributed by atoms with Gasteiger partial charge >= 0.3 is 0 Å². The third kappa shape index (κ3) is 9.35. The zero-order valence-electron chi connectivity index (χ0n) is 13.0. The van der Waals surface area contributed by atoms with E-state index in [1.165, 1.54) is 12.0 Å². The molecule has 0 aliphatic rings. The number of nitrogens with one attached hydrogen (secondary N) is 1. The third-order valence-electron chi connectivity index (χ3n) is 2.91. The Labute approximate surface area is 143 Å². The smallest absolute Gasteiger partial charge is 0.133 e. The quantitative estimate of drug-likeness (QED) is 0.571.